The third-order valence-electron chi connectivity index (χ3n) is 2.90. The third-order valence-corrected chi connectivity index (χ3v) is 3.23. The van der Waals surface area contributed by atoms with E-state index < -0.39 is 11.8 Å². The summed E-state index contributed by atoms with van der Waals surface area (Å²) < 4.78 is 5.32. The largest absolute Gasteiger partial charge is 0.494 e. The number of rotatable bonds is 5. The van der Waals surface area contributed by atoms with Crippen molar-refractivity contribution in [2.24, 2.45) is 5.10 Å². The summed E-state index contributed by atoms with van der Waals surface area (Å²) in [6.07, 6.45) is 1.43. The fourth-order valence-corrected chi connectivity index (χ4v) is 1.96. The van der Waals surface area contributed by atoms with E-state index in [2.05, 4.69) is 15.8 Å². The van der Waals surface area contributed by atoms with Crippen molar-refractivity contribution in [2.45, 2.75) is 6.92 Å². The molecule has 2 N–H and O–H groups in total. The number of halogens is 1. The lowest BCUT2D eigenvalue weighted by Gasteiger charge is -2.05. The van der Waals surface area contributed by atoms with Gasteiger partial charge in [0.25, 0.3) is 0 Å². The molecule has 0 saturated heterocycles. The Labute approximate surface area is 144 Å². The van der Waals surface area contributed by atoms with Crippen LogP contribution in [0.3, 0.4) is 0 Å². The van der Waals surface area contributed by atoms with Crippen molar-refractivity contribution < 1.29 is 14.3 Å². The number of nitrogens with zero attached hydrogens (tertiary/aromatic N) is 1. The molecule has 2 aromatic carbocycles. The number of hydrogen-bond donors (Lipinski definition) is 2. The van der Waals surface area contributed by atoms with Gasteiger partial charge >= 0.3 is 11.8 Å². The van der Waals surface area contributed by atoms with Gasteiger partial charge in [0.15, 0.2) is 0 Å². The molecule has 0 aliphatic rings. The van der Waals surface area contributed by atoms with Crippen LogP contribution in [-0.4, -0.2) is 24.6 Å². The Balaban J connectivity index is 1.87. The van der Waals surface area contributed by atoms with Crippen molar-refractivity contribution in [3.05, 3.63) is 59.1 Å². The average Bonchev–Trinajstić information content (AvgIpc) is 2.58. The Hall–Kier alpha value is -2.86. The van der Waals surface area contributed by atoms with Gasteiger partial charge in [-0.15, -0.1) is 0 Å². The van der Waals surface area contributed by atoms with E-state index in [0.29, 0.717) is 17.3 Å². The maximum atomic E-state index is 11.8. The standard InChI is InChI=1S/C17H16ClN3O3/c1-2-24-13-9-7-12(8-10-13)11-19-21-17(23)16(22)20-15-6-4-3-5-14(15)18/h3-11H,2H2,1H3,(H,20,22)(H,21,23)/b19-11-. The Morgan fingerprint density at radius 3 is 2.50 bits per heavy atom. The average molecular weight is 346 g/mol. The molecule has 0 fully saturated rings. The minimum atomic E-state index is -0.892. The summed E-state index contributed by atoms with van der Waals surface area (Å²) in [4.78, 5) is 23.4. The van der Waals surface area contributed by atoms with Crippen LogP contribution >= 0.6 is 11.6 Å². The monoisotopic (exact) mass is 345 g/mol. The zero-order chi connectivity index (χ0) is 17.4. The second kappa shape index (κ2) is 8.69. The lowest BCUT2D eigenvalue weighted by atomic mass is 10.2. The number of carbonyl (C=O) groups is 2. The van der Waals surface area contributed by atoms with Crippen molar-refractivity contribution in [2.75, 3.05) is 11.9 Å². The topological polar surface area (TPSA) is 79.8 Å². The van der Waals surface area contributed by atoms with E-state index >= 15 is 0 Å². The van der Waals surface area contributed by atoms with E-state index in [1.165, 1.54) is 6.21 Å². The first-order valence-electron chi connectivity index (χ1n) is 7.22. The van der Waals surface area contributed by atoms with Crippen LogP contribution in [0.15, 0.2) is 53.6 Å². The first kappa shape index (κ1) is 17.5. The van der Waals surface area contributed by atoms with E-state index in [4.69, 9.17) is 16.3 Å². The van der Waals surface area contributed by atoms with Gasteiger partial charge in [0.1, 0.15) is 5.75 Å². The van der Waals surface area contributed by atoms with Crippen molar-refractivity contribution in [1.82, 2.24) is 5.43 Å². The molecule has 2 amide bonds. The van der Waals surface area contributed by atoms with Crippen LogP contribution in [0.5, 0.6) is 5.75 Å². The molecule has 6 nitrogen and oxygen atoms in total. The van der Waals surface area contributed by atoms with E-state index in [-0.39, 0.29) is 0 Å². The Kier molecular flexibility index (Phi) is 6.33. The number of hydrogen-bond acceptors (Lipinski definition) is 4. The summed E-state index contributed by atoms with van der Waals surface area (Å²) in [6.45, 7) is 2.49. The smallest absolute Gasteiger partial charge is 0.329 e. The highest BCUT2D eigenvalue weighted by Gasteiger charge is 2.13. The van der Waals surface area contributed by atoms with E-state index in [1.54, 1.807) is 48.5 Å². The van der Waals surface area contributed by atoms with Gasteiger partial charge in [-0.25, -0.2) is 5.43 Å². The van der Waals surface area contributed by atoms with Crippen molar-refractivity contribution in [3.63, 3.8) is 0 Å². The van der Waals surface area contributed by atoms with Gasteiger partial charge in [0.2, 0.25) is 0 Å². The van der Waals surface area contributed by atoms with Crippen LogP contribution < -0.4 is 15.5 Å². The number of hydrazone groups is 1. The van der Waals surface area contributed by atoms with Crippen molar-refractivity contribution in [1.29, 1.82) is 0 Å². The van der Waals surface area contributed by atoms with Crippen LogP contribution in [0, 0.1) is 0 Å². The van der Waals surface area contributed by atoms with Crippen LogP contribution in [0.1, 0.15) is 12.5 Å². The lowest BCUT2D eigenvalue weighted by Crippen LogP contribution is -2.32. The Morgan fingerprint density at radius 2 is 1.83 bits per heavy atom. The van der Waals surface area contributed by atoms with E-state index in [1.807, 2.05) is 6.92 Å². The van der Waals surface area contributed by atoms with Gasteiger partial charge < -0.3 is 10.1 Å². The highest BCUT2D eigenvalue weighted by atomic mass is 35.5. The molecule has 0 heterocycles. The van der Waals surface area contributed by atoms with Gasteiger partial charge in [0, 0.05) is 0 Å². The van der Waals surface area contributed by atoms with Gasteiger partial charge in [-0.2, -0.15) is 5.10 Å². The van der Waals surface area contributed by atoms with Crippen LogP contribution in [0.25, 0.3) is 0 Å². The third kappa shape index (κ3) is 5.10. The number of benzene rings is 2. The minimum Gasteiger partial charge on any atom is -0.494 e. The molecule has 0 saturated carbocycles. The number of ether oxygens (including phenoxy) is 1. The van der Waals surface area contributed by atoms with E-state index in [0.717, 1.165) is 11.3 Å². The van der Waals surface area contributed by atoms with Crippen LogP contribution in [-0.2, 0) is 9.59 Å². The summed E-state index contributed by atoms with van der Waals surface area (Å²) in [6, 6.07) is 13.8. The van der Waals surface area contributed by atoms with Crippen molar-refractivity contribution in [3.8, 4) is 5.75 Å². The Morgan fingerprint density at radius 1 is 1.12 bits per heavy atom. The normalized spacial score (nSPS) is 10.4. The molecule has 0 aliphatic heterocycles. The number of amides is 2. The van der Waals surface area contributed by atoms with Crippen LogP contribution in [0.2, 0.25) is 5.02 Å². The summed E-state index contributed by atoms with van der Waals surface area (Å²) in [5.41, 5.74) is 3.27. The molecule has 2 aromatic rings. The molecule has 124 valence electrons. The molecule has 24 heavy (non-hydrogen) atoms. The SMILES string of the molecule is CCOc1ccc(/C=N\NC(=O)C(=O)Nc2ccccc2Cl)cc1. The molecule has 0 aliphatic carbocycles. The fraction of sp³-hybridized carbons (Fsp3) is 0.118. The number of para-hydroxylation sites is 1. The maximum Gasteiger partial charge on any atom is 0.329 e. The first-order chi connectivity index (χ1) is 11.6. The number of anilines is 1. The maximum absolute atomic E-state index is 11.8. The van der Waals surface area contributed by atoms with Crippen LogP contribution in [0.4, 0.5) is 5.69 Å². The first-order valence-corrected chi connectivity index (χ1v) is 7.59. The molecule has 0 aromatic heterocycles. The molecule has 0 atom stereocenters. The molecule has 0 bridgehead atoms. The predicted molar refractivity (Wildman–Crippen MR) is 93.4 cm³/mol. The number of carbonyl (C=O) groups excluding carboxylic acids is 2. The zero-order valence-electron chi connectivity index (χ0n) is 13.0. The molecule has 7 heteroatoms. The zero-order valence-corrected chi connectivity index (χ0v) is 13.7. The summed E-state index contributed by atoms with van der Waals surface area (Å²) in [5, 5.41) is 6.49. The molecule has 0 spiro atoms. The summed E-state index contributed by atoms with van der Waals surface area (Å²) in [7, 11) is 0. The highest BCUT2D eigenvalue weighted by Crippen LogP contribution is 2.20. The van der Waals surface area contributed by atoms with Gasteiger partial charge in [-0.1, -0.05) is 23.7 Å². The second-order valence-electron chi connectivity index (χ2n) is 4.64. The molecule has 2 rings (SSSR count). The van der Waals surface area contributed by atoms with Gasteiger partial charge in [-0.05, 0) is 48.9 Å². The predicted octanol–water partition coefficient (Wildman–Crippen LogP) is 2.83. The molecule has 0 radical (unpaired) electrons. The van der Waals surface area contributed by atoms with E-state index in [9.17, 15) is 9.59 Å². The molecular formula is C17H16ClN3O3. The quantitative estimate of drug-likeness (QED) is 0.497. The van der Waals surface area contributed by atoms with Gasteiger partial charge in [-0.3, -0.25) is 9.59 Å². The summed E-state index contributed by atoms with van der Waals surface area (Å²) in [5.74, 6) is -0.998. The second-order valence-corrected chi connectivity index (χ2v) is 5.04. The number of nitrogens with one attached hydrogen (secondary N) is 2. The highest BCUT2D eigenvalue weighted by molar-refractivity contribution is 6.41. The minimum absolute atomic E-state index is 0.344. The lowest BCUT2D eigenvalue weighted by molar-refractivity contribution is -0.136. The fourth-order valence-electron chi connectivity index (χ4n) is 1.77. The van der Waals surface area contributed by atoms with Gasteiger partial charge in [0.05, 0.1) is 23.5 Å². The molecular weight excluding hydrogens is 330 g/mol. The molecule has 0 unspecified atom stereocenters. The summed E-state index contributed by atoms with van der Waals surface area (Å²) >= 11 is 5.91. The van der Waals surface area contributed by atoms with Crippen molar-refractivity contribution >= 4 is 35.3 Å². The Bertz CT molecular complexity index is 745.